The molecule has 0 aliphatic carbocycles. The number of nitrogens with one attached hydrogen (secondary N) is 2. The molecule has 0 fully saturated rings. The predicted octanol–water partition coefficient (Wildman–Crippen LogP) is -2.37. The first-order valence-electron chi connectivity index (χ1n) is 6.55. The zero-order chi connectivity index (χ0) is 17.4. The molecule has 7 N–H and O–H groups in total. The van der Waals surface area contributed by atoms with Gasteiger partial charge in [0.1, 0.15) is 18.1 Å². The Kier molecular flexibility index (Phi) is 8.05. The highest BCUT2D eigenvalue weighted by atomic mass is 16.4. The molecule has 0 heterocycles. The second kappa shape index (κ2) is 8.95. The van der Waals surface area contributed by atoms with E-state index in [0.717, 1.165) is 0 Å². The minimum Gasteiger partial charge on any atom is -0.481 e. The normalized spacial score (nSPS) is 16.0. The summed E-state index contributed by atoms with van der Waals surface area (Å²) in [5.74, 6) is -4.14. The Balaban J connectivity index is 4.57. The summed E-state index contributed by atoms with van der Waals surface area (Å²) in [5.41, 5.74) is 5.39. The number of carboxylic acids is 2. The van der Waals surface area contributed by atoms with E-state index in [0.29, 0.717) is 0 Å². The summed E-state index contributed by atoms with van der Waals surface area (Å²) >= 11 is 0. The summed E-state index contributed by atoms with van der Waals surface area (Å²) in [4.78, 5) is 44.7. The molecule has 0 aromatic heterocycles. The van der Waals surface area contributed by atoms with Gasteiger partial charge in [-0.15, -0.1) is 0 Å². The molecular weight excluding hydrogens is 298 g/mol. The fourth-order valence-corrected chi connectivity index (χ4v) is 1.42. The first-order valence-corrected chi connectivity index (χ1v) is 6.55. The second-order valence-corrected chi connectivity index (χ2v) is 4.83. The summed E-state index contributed by atoms with van der Waals surface area (Å²) in [5, 5.41) is 30.9. The summed E-state index contributed by atoms with van der Waals surface area (Å²) < 4.78 is 0. The number of rotatable bonds is 9. The van der Waals surface area contributed by atoms with E-state index in [1.807, 2.05) is 0 Å². The molecule has 0 aliphatic rings. The third kappa shape index (κ3) is 6.99. The topological polar surface area (TPSA) is 179 Å². The number of aliphatic hydroxyl groups is 1. The summed E-state index contributed by atoms with van der Waals surface area (Å²) in [6.45, 7) is 2.61. The zero-order valence-corrected chi connectivity index (χ0v) is 12.3. The van der Waals surface area contributed by atoms with Gasteiger partial charge in [-0.3, -0.25) is 14.4 Å². The quantitative estimate of drug-likeness (QED) is 0.273. The van der Waals surface area contributed by atoms with Crippen LogP contribution in [0.5, 0.6) is 0 Å². The van der Waals surface area contributed by atoms with Crippen LogP contribution in [0, 0.1) is 0 Å². The number of aliphatic carboxylic acids is 2. The van der Waals surface area contributed by atoms with Crippen molar-refractivity contribution in [1.29, 1.82) is 0 Å². The largest absolute Gasteiger partial charge is 0.481 e. The number of hydrogen-bond acceptors (Lipinski definition) is 6. The Morgan fingerprint density at radius 3 is 2.00 bits per heavy atom. The van der Waals surface area contributed by atoms with Crippen LogP contribution in [-0.4, -0.2) is 63.3 Å². The lowest BCUT2D eigenvalue weighted by Crippen LogP contribution is -2.55. The van der Waals surface area contributed by atoms with E-state index in [2.05, 4.69) is 10.6 Å². The van der Waals surface area contributed by atoms with Crippen molar-refractivity contribution in [3.05, 3.63) is 0 Å². The lowest BCUT2D eigenvalue weighted by atomic mass is 10.1. The van der Waals surface area contributed by atoms with Crippen molar-refractivity contribution in [1.82, 2.24) is 10.6 Å². The van der Waals surface area contributed by atoms with Crippen LogP contribution >= 0.6 is 0 Å². The van der Waals surface area contributed by atoms with Crippen LogP contribution in [0.15, 0.2) is 0 Å². The highest BCUT2D eigenvalue weighted by molar-refractivity contribution is 5.91. The molecule has 0 saturated heterocycles. The number of carbonyl (C=O) groups excluding carboxylic acids is 2. The molecule has 126 valence electrons. The van der Waals surface area contributed by atoms with Crippen molar-refractivity contribution in [2.75, 3.05) is 0 Å². The molecule has 22 heavy (non-hydrogen) atoms. The number of aliphatic hydroxyl groups excluding tert-OH is 1. The van der Waals surface area contributed by atoms with Gasteiger partial charge in [0, 0.05) is 6.42 Å². The molecule has 4 atom stereocenters. The molecular formula is C12H21N3O7. The standard InChI is InChI=1S/C12H21N3O7/c1-5(14-11(20)9(13)6(2)16)10(19)15-7(12(21)22)3-4-8(17)18/h5-7,9,16H,3-4,13H2,1-2H3,(H,14,20)(H,15,19)(H,17,18)(H,21,22). The van der Waals surface area contributed by atoms with E-state index in [9.17, 15) is 19.2 Å². The number of amides is 2. The highest BCUT2D eigenvalue weighted by Crippen LogP contribution is 1.99. The van der Waals surface area contributed by atoms with Crippen molar-refractivity contribution < 1.29 is 34.5 Å². The average molecular weight is 319 g/mol. The monoisotopic (exact) mass is 319 g/mol. The van der Waals surface area contributed by atoms with Crippen molar-refractivity contribution in [3.8, 4) is 0 Å². The Hall–Kier alpha value is -2.20. The number of carboxylic acid groups (broad SMARTS) is 2. The minimum atomic E-state index is -1.38. The van der Waals surface area contributed by atoms with Crippen molar-refractivity contribution in [3.63, 3.8) is 0 Å². The van der Waals surface area contributed by atoms with Crippen molar-refractivity contribution >= 4 is 23.8 Å². The minimum absolute atomic E-state index is 0.287. The van der Waals surface area contributed by atoms with E-state index < -0.39 is 54.4 Å². The van der Waals surface area contributed by atoms with Crippen LogP contribution in [0.25, 0.3) is 0 Å². The maximum absolute atomic E-state index is 11.8. The molecule has 4 unspecified atom stereocenters. The molecule has 0 aromatic carbocycles. The molecule has 10 nitrogen and oxygen atoms in total. The van der Waals surface area contributed by atoms with Crippen molar-refractivity contribution in [2.45, 2.75) is 50.9 Å². The van der Waals surface area contributed by atoms with E-state index in [-0.39, 0.29) is 6.42 Å². The van der Waals surface area contributed by atoms with Gasteiger partial charge in [0.25, 0.3) is 0 Å². The van der Waals surface area contributed by atoms with Crippen LogP contribution in [0.1, 0.15) is 26.7 Å². The first kappa shape index (κ1) is 19.8. The van der Waals surface area contributed by atoms with Gasteiger partial charge in [-0.25, -0.2) is 4.79 Å². The van der Waals surface area contributed by atoms with Crippen LogP contribution < -0.4 is 16.4 Å². The molecule has 0 saturated carbocycles. The summed E-state index contributed by atoms with van der Waals surface area (Å²) in [6.07, 6.45) is -1.83. The first-order chi connectivity index (χ1) is 10.1. The lowest BCUT2D eigenvalue weighted by molar-refractivity contribution is -0.143. The average Bonchev–Trinajstić information content (AvgIpc) is 2.41. The molecule has 0 spiro atoms. The van der Waals surface area contributed by atoms with Crippen LogP contribution in [-0.2, 0) is 19.2 Å². The number of hydrogen-bond donors (Lipinski definition) is 6. The Morgan fingerprint density at radius 1 is 1.05 bits per heavy atom. The smallest absolute Gasteiger partial charge is 0.326 e. The van der Waals surface area contributed by atoms with Gasteiger partial charge in [-0.2, -0.15) is 0 Å². The van der Waals surface area contributed by atoms with Crippen LogP contribution in [0.2, 0.25) is 0 Å². The Labute approximate surface area is 126 Å². The van der Waals surface area contributed by atoms with Gasteiger partial charge in [0.15, 0.2) is 0 Å². The zero-order valence-electron chi connectivity index (χ0n) is 12.3. The van der Waals surface area contributed by atoms with Gasteiger partial charge >= 0.3 is 11.9 Å². The van der Waals surface area contributed by atoms with E-state index in [1.54, 1.807) is 0 Å². The van der Waals surface area contributed by atoms with Gasteiger partial charge in [-0.1, -0.05) is 0 Å². The highest BCUT2D eigenvalue weighted by Gasteiger charge is 2.26. The lowest BCUT2D eigenvalue weighted by Gasteiger charge is -2.20. The van der Waals surface area contributed by atoms with Gasteiger partial charge < -0.3 is 31.7 Å². The van der Waals surface area contributed by atoms with Gasteiger partial charge in [0.2, 0.25) is 11.8 Å². The second-order valence-electron chi connectivity index (χ2n) is 4.83. The molecule has 0 rings (SSSR count). The van der Waals surface area contributed by atoms with Gasteiger partial charge in [-0.05, 0) is 20.3 Å². The fourth-order valence-electron chi connectivity index (χ4n) is 1.42. The van der Waals surface area contributed by atoms with Gasteiger partial charge in [0.05, 0.1) is 6.10 Å². The summed E-state index contributed by atoms with van der Waals surface area (Å²) in [6, 6.07) is -3.70. The van der Waals surface area contributed by atoms with Crippen molar-refractivity contribution in [2.24, 2.45) is 5.73 Å². The third-order valence-electron chi connectivity index (χ3n) is 2.84. The fraction of sp³-hybridized carbons (Fsp3) is 0.667. The van der Waals surface area contributed by atoms with E-state index in [4.69, 9.17) is 21.1 Å². The molecule has 2 amide bonds. The predicted molar refractivity (Wildman–Crippen MR) is 73.7 cm³/mol. The van der Waals surface area contributed by atoms with Crippen LogP contribution in [0.3, 0.4) is 0 Å². The molecule has 0 aliphatic heterocycles. The van der Waals surface area contributed by atoms with Crippen LogP contribution in [0.4, 0.5) is 0 Å². The van der Waals surface area contributed by atoms with E-state index >= 15 is 0 Å². The maximum atomic E-state index is 11.8. The molecule has 0 radical (unpaired) electrons. The molecule has 10 heteroatoms. The number of nitrogens with two attached hydrogens (primary N) is 1. The molecule has 0 aromatic rings. The van der Waals surface area contributed by atoms with E-state index in [1.165, 1.54) is 13.8 Å². The Morgan fingerprint density at radius 2 is 1.59 bits per heavy atom. The Bertz CT molecular complexity index is 438. The number of carbonyl (C=O) groups is 4. The third-order valence-corrected chi connectivity index (χ3v) is 2.84. The molecule has 0 bridgehead atoms. The SMILES string of the molecule is CC(NC(=O)C(N)C(C)O)C(=O)NC(CCC(=O)O)C(=O)O. The maximum Gasteiger partial charge on any atom is 0.326 e. The summed E-state index contributed by atoms with van der Waals surface area (Å²) in [7, 11) is 0.